The average Bonchev–Trinajstić information content (AvgIpc) is 3.26. The van der Waals surface area contributed by atoms with E-state index >= 15 is 0 Å². The Morgan fingerprint density at radius 2 is 1.79 bits per heavy atom. The van der Waals surface area contributed by atoms with Gasteiger partial charge in [0.15, 0.2) is 9.84 Å². The van der Waals surface area contributed by atoms with E-state index in [9.17, 15) is 26.4 Å². The van der Waals surface area contributed by atoms with E-state index in [4.69, 9.17) is 0 Å². The van der Waals surface area contributed by atoms with Crippen LogP contribution in [0.5, 0.6) is 0 Å². The lowest BCUT2D eigenvalue weighted by Crippen LogP contribution is -2.52. The zero-order valence-electron chi connectivity index (χ0n) is 15.8. The van der Waals surface area contributed by atoms with Gasteiger partial charge in [-0.15, -0.1) is 0 Å². The molecule has 1 aromatic rings. The average molecular weight is 413 g/mol. The summed E-state index contributed by atoms with van der Waals surface area (Å²) in [5.41, 5.74) is -0.688. The number of rotatable bonds is 4. The molecule has 1 fully saturated rings. The van der Waals surface area contributed by atoms with E-state index in [2.05, 4.69) is 5.32 Å². The van der Waals surface area contributed by atoms with Gasteiger partial charge in [0.25, 0.3) is 0 Å². The van der Waals surface area contributed by atoms with Crippen LogP contribution in [0.1, 0.15) is 32.3 Å². The van der Waals surface area contributed by atoms with Crippen LogP contribution in [0.4, 0.5) is 13.2 Å². The first kappa shape index (κ1) is 20.6. The van der Waals surface area contributed by atoms with Crippen LogP contribution in [0.25, 0.3) is 0 Å². The van der Waals surface area contributed by atoms with Crippen molar-refractivity contribution in [2.75, 3.05) is 0 Å². The molecule has 152 valence electrons. The lowest BCUT2D eigenvalue weighted by Gasteiger charge is -2.27. The first-order valence-electron chi connectivity index (χ1n) is 8.89. The number of halogens is 3. The largest absolute Gasteiger partial charge is 0.412 e. The van der Waals surface area contributed by atoms with Crippen LogP contribution >= 0.6 is 0 Å². The number of sulfone groups is 1. The number of allylic oxidation sites excluding steroid dienone is 3. The normalized spacial score (nSPS) is 24.8. The summed E-state index contributed by atoms with van der Waals surface area (Å²) in [4.78, 5) is 12.9. The molecule has 2 aliphatic rings. The number of nitrogens with one attached hydrogen (secondary N) is 1. The molecule has 2 unspecified atom stereocenters. The monoisotopic (exact) mass is 413 g/mol. The number of alkyl halides is 3. The van der Waals surface area contributed by atoms with Crippen molar-refractivity contribution in [1.29, 1.82) is 0 Å². The number of aryl methyl sites for hydroxylation is 1. The van der Waals surface area contributed by atoms with Gasteiger partial charge in [0, 0.05) is 5.57 Å². The molecule has 4 nitrogen and oxygen atoms in total. The number of hydrogen-bond donors (Lipinski definition) is 1. The molecule has 0 spiro atoms. The standard InChI is InChI=1S/C20H22F3NO3S/c1-13-6-8-16(9-7-13)28(26,27)18(2,3)17(25)24-19-10-4-5-14(20(21,22)23)11-15(19)12-19/h4-10,15H,11-12H2,1-3H3,(H,24,25). The van der Waals surface area contributed by atoms with Gasteiger partial charge in [-0.2, -0.15) is 13.2 Å². The minimum Gasteiger partial charge on any atom is -0.346 e. The fraction of sp³-hybridized carbons (Fsp3) is 0.450. The minimum atomic E-state index is -4.42. The van der Waals surface area contributed by atoms with Crippen molar-refractivity contribution in [1.82, 2.24) is 5.32 Å². The topological polar surface area (TPSA) is 63.2 Å². The molecule has 3 rings (SSSR count). The molecule has 1 aromatic carbocycles. The second-order valence-corrected chi connectivity index (χ2v) is 10.5. The van der Waals surface area contributed by atoms with Crippen molar-refractivity contribution in [2.45, 2.75) is 55.0 Å². The lowest BCUT2D eigenvalue weighted by molar-refractivity contribution is -0.123. The Kier molecular flexibility index (Phi) is 4.77. The van der Waals surface area contributed by atoms with E-state index in [0.717, 1.165) is 11.6 Å². The summed E-state index contributed by atoms with van der Waals surface area (Å²) in [7, 11) is -3.99. The van der Waals surface area contributed by atoms with Gasteiger partial charge in [-0.25, -0.2) is 8.42 Å². The molecule has 1 saturated carbocycles. The molecule has 0 aliphatic heterocycles. The van der Waals surface area contributed by atoms with Crippen LogP contribution < -0.4 is 5.32 Å². The van der Waals surface area contributed by atoms with Crippen molar-refractivity contribution in [2.24, 2.45) is 5.92 Å². The number of carbonyl (C=O) groups excluding carboxylic acids is 1. The Hall–Kier alpha value is -2.09. The lowest BCUT2D eigenvalue weighted by atomic mass is 10.1. The van der Waals surface area contributed by atoms with Gasteiger partial charge < -0.3 is 5.32 Å². The van der Waals surface area contributed by atoms with Gasteiger partial charge >= 0.3 is 6.18 Å². The van der Waals surface area contributed by atoms with E-state index < -0.39 is 43.7 Å². The molecule has 0 aromatic heterocycles. The highest BCUT2D eigenvalue weighted by Crippen LogP contribution is 2.52. The number of benzene rings is 1. The smallest absolute Gasteiger partial charge is 0.346 e. The predicted molar refractivity (Wildman–Crippen MR) is 99.3 cm³/mol. The number of amides is 1. The SMILES string of the molecule is Cc1ccc(S(=O)(=O)C(C)(C)C(=O)NC23C=CC=C(C(F)(F)F)CC2C3)cc1. The quantitative estimate of drug-likeness (QED) is 0.815. The summed E-state index contributed by atoms with van der Waals surface area (Å²) < 4.78 is 63.2. The van der Waals surface area contributed by atoms with E-state index in [0.29, 0.717) is 6.42 Å². The highest BCUT2D eigenvalue weighted by molar-refractivity contribution is 7.93. The molecule has 0 heterocycles. The zero-order valence-corrected chi connectivity index (χ0v) is 16.6. The van der Waals surface area contributed by atoms with Crippen molar-refractivity contribution in [3.8, 4) is 0 Å². The second-order valence-electron chi connectivity index (χ2n) is 7.98. The van der Waals surface area contributed by atoms with Gasteiger partial charge in [-0.1, -0.05) is 35.9 Å². The number of fused-ring (bicyclic) bond motifs is 1. The molecule has 2 aliphatic carbocycles. The Morgan fingerprint density at radius 3 is 2.36 bits per heavy atom. The molecule has 1 N–H and O–H groups in total. The molecular weight excluding hydrogens is 391 g/mol. The molecular formula is C20H22F3NO3S. The molecule has 28 heavy (non-hydrogen) atoms. The fourth-order valence-corrected chi connectivity index (χ4v) is 4.76. The van der Waals surface area contributed by atoms with Gasteiger partial charge in [-0.3, -0.25) is 4.79 Å². The van der Waals surface area contributed by atoms with E-state index in [1.165, 1.54) is 38.1 Å². The van der Waals surface area contributed by atoms with Gasteiger partial charge in [0.2, 0.25) is 5.91 Å². The highest BCUT2D eigenvalue weighted by atomic mass is 32.2. The summed E-state index contributed by atoms with van der Waals surface area (Å²) in [6, 6.07) is 6.19. The van der Waals surface area contributed by atoms with Gasteiger partial charge in [-0.05, 0) is 51.7 Å². The minimum absolute atomic E-state index is 0.0283. The summed E-state index contributed by atoms with van der Waals surface area (Å²) >= 11 is 0. The Labute approximate surface area is 162 Å². The van der Waals surface area contributed by atoms with Crippen molar-refractivity contribution in [3.05, 3.63) is 53.6 Å². The van der Waals surface area contributed by atoms with Gasteiger partial charge in [0.05, 0.1) is 10.4 Å². The first-order valence-corrected chi connectivity index (χ1v) is 10.4. The molecule has 0 bridgehead atoms. The van der Waals surface area contributed by atoms with Crippen molar-refractivity contribution in [3.63, 3.8) is 0 Å². The third kappa shape index (κ3) is 3.50. The van der Waals surface area contributed by atoms with Crippen LogP contribution in [-0.4, -0.2) is 30.8 Å². The van der Waals surface area contributed by atoms with E-state index in [1.54, 1.807) is 12.1 Å². The van der Waals surface area contributed by atoms with Crippen molar-refractivity contribution >= 4 is 15.7 Å². The highest BCUT2D eigenvalue weighted by Gasteiger charge is 2.57. The summed E-state index contributed by atoms with van der Waals surface area (Å²) in [6.07, 6.45) is -0.443. The van der Waals surface area contributed by atoms with Crippen LogP contribution in [0, 0.1) is 12.8 Å². The van der Waals surface area contributed by atoms with Crippen molar-refractivity contribution < 1.29 is 26.4 Å². The van der Waals surface area contributed by atoms with E-state index in [1.807, 2.05) is 6.92 Å². The summed E-state index contributed by atoms with van der Waals surface area (Å²) in [5.74, 6) is -1.13. The summed E-state index contributed by atoms with van der Waals surface area (Å²) in [5, 5.41) is 2.70. The first-order chi connectivity index (χ1) is 12.8. The Bertz CT molecular complexity index is 959. The molecule has 8 heteroatoms. The van der Waals surface area contributed by atoms with E-state index in [-0.39, 0.29) is 11.3 Å². The fourth-order valence-electron chi connectivity index (χ4n) is 3.38. The van der Waals surface area contributed by atoms with Crippen LogP contribution in [-0.2, 0) is 14.6 Å². The third-order valence-corrected chi connectivity index (χ3v) is 7.99. The third-order valence-electron chi connectivity index (χ3n) is 5.57. The number of carbonyl (C=O) groups is 1. The molecule has 0 saturated heterocycles. The molecule has 1 amide bonds. The maximum absolute atomic E-state index is 13.0. The zero-order chi connectivity index (χ0) is 21.0. The van der Waals surface area contributed by atoms with Crippen LogP contribution in [0.2, 0.25) is 0 Å². The van der Waals surface area contributed by atoms with Gasteiger partial charge in [0.1, 0.15) is 4.75 Å². The second kappa shape index (κ2) is 6.47. The maximum Gasteiger partial charge on any atom is 0.412 e. The molecule has 0 radical (unpaired) electrons. The van der Waals surface area contributed by atoms with Crippen LogP contribution in [0.15, 0.2) is 53.0 Å². The Balaban J connectivity index is 1.79. The Morgan fingerprint density at radius 1 is 1.18 bits per heavy atom. The molecule has 2 atom stereocenters. The maximum atomic E-state index is 13.0. The number of hydrogen-bond acceptors (Lipinski definition) is 3. The summed E-state index contributed by atoms with van der Waals surface area (Å²) in [6.45, 7) is 4.44. The van der Waals surface area contributed by atoms with Crippen LogP contribution in [0.3, 0.4) is 0 Å². The predicted octanol–water partition coefficient (Wildman–Crippen LogP) is 3.87.